The first-order valence-electron chi connectivity index (χ1n) is 7.29. The number of carbonyl (C=O) groups excluding carboxylic acids is 2. The van der Waals surface area contributed by atoms with E-state index in [0.29, 0.717) is 18.5 Å². The molecule has 2 rings (SSSR count). The first kappa shape index (κ1) is 15.8. The van der Waals surface area contributed by atoms with Crippen LogP contribution in [-0.4, -0.2) is 18.4 Å². The molecular formula is C16H19N3O3. The van der Waals surface area contributed by atoms with Crippen LogP contribution in [0.25, 0.3) is 0 Å². The number of nitrogens with one attached hydrogen (secondary N) is 2. The lowest BCUT2D eigenvalue weighted by atomic mass is 10.0. The normalized spacial score (nSPS) is 14.5. The highest BCUT2D eigenvalue weighted by molar-refractivity contribution is 5.91. The molecule has 1 aromatic rings. The summed E-state index contributed by atoms with van der Waals surface area (Å²) in [5, 5.41) is 12.1. The first-order valence-corrected chi connectivity index (χ1v) is 7.29. The molecule has 0 bridgehead atoms. The van der Waals surface area contributed by atoms with Gasteiger partial charge in [-0.15, -0.1) is 0 Å². The van der Waals surface area contributed by atoms with Gasteiger partial charge in [-0.1, -0.05) is 13.0 Å². The van der Waals surface area contributed by atoms with Gasteiger partial charge in [0, 0.05) is 30.5 Å². The van der Waals surface area contributed by atoms with E-state index in [0.717, 1.165) is 18.5 Å². The van der Waals surface area contributed by atoms with Crippen molar-refractivity contribution in [3.63, 3.8) is 0 Å². The molecule has 6 heteroatoms. The summed E-state index contributed by atoms with van der Waals surface area (Å²) < 4.78 is 0. The van der Waals surface area contributed by atoms with Gasteiger partial charge in [-0.05, 0) is 31.0 Å². The van der Waals surface area contributed by atoms with Crippen LogP contribution in [0, 0.1) is 16.7 Å². The predicted octanol–water partition coefficient (Wildman–Crippen LogP) is 2.39. The third-order valence-electron chi connectivity index (χ3n) is 3.76. The maximum absolute atomic E-state index is 11.8. The van der Waals surface area contributed by atoms with Gasteiger partial charge in [0.25, 0.3) is 5.91 Å². The average molecular weight is 301 g/mol. The van der Waals surface area contributed by atoms with Gasteiger partial charge in [0.1, 0.15) is 0 Å². The number of carbonyl (C=O) groups is 2. The molecule has 1 saturated carbocycles. The van der Waals surface area contributed by atoms with E-state index in [1.54, 1.807) is 25.1 Å². The summed E-state index contributed by atoms with van der Waals surface area (Å²) in [5.74, 6) is -0.960. The van der Waals surface area contributed by atoms with E-state index in [4.69, 9.17) is 10.1 Å². The third-order valence-corrected chi connectivity index (χ3v) is 3.76. The zero-order valence-corrected chi connectivity index (χ0v) is 12.5. The molecule has 1 fully saturated rings. The van der Waals surface area contributed by atoms with Crippen molar-refractivity contribution in [2.75, 3.05) is 11.9 Å². The molecule has 0 aromatic heterocycles. The van der Waals surface area contributed by atoms with E-state index in [1.165, 1.54) is 0 Å². The molecule has 0 heterocycles. The Balaban J connectivity index is 1.91. The Bertz CT molecular complexity index is 603. The molecule has 22 heavy (non-hydrogen) atoms. The number of anilines is 1. The summed E-state index contributed by atoms with van der Waals surface area (Å²) in [6.07, 6.45) is 2.90. The number of amides is 1. The monoisotopic (exact) mass is 301 g/mol. The van der Waals surface area contributed by atoms with Crippen molar-refractivity contribution in [1.29, 1.82) is 5.26 Å². The van der Waals surface area contributed by atoms with Crippen LogP contribution >= 0.6 is 0 Å². The second-order valence-electron chi connectivity index (χ2n) is 5.54. The largest absolute Gasteiger partial charge is 0.384 e. The smallest absolute Gasteiger partial charge is 0.363 e. The van der Waals surface area contributed by atoms with Gasteiger partial charge in [-0.2, -0.15) is 10.7 Å². The maximum Gasteiger partial charge on any atom is 0.363 e. The van der Waals surface area contributed by atoms with E-state index in [2.05, 4.69) is 16.9 Å². The van der Waals surface area contributed by atoms with Crippen LogP contribution in [0.2, 0.25) is 0 Å². The van der Waals surface area contributed by atoms with Crippen molar-refractivity contribution in [3.8, 4) is 6.07 Å². The van der Waals surface area contributed by atoms with Crippen molar-refractivity contribution in [3.05, 3.63) is 29.8 Å². The van der Waals surface area contributed by atoms with Crippen LogP contribution < -0.4 is 10.8 Å². The minimum atomic E-state index is -0.608. The van der Waals surface area contributed by atoms with Crippen LogP contribution in [0.3, 0.4) is 0 Å². The van der Waals surface area contributed by atoms with E-state index in [-0.39, 0.29) is 17.7 Å². The van der Waals surface area contributed by atoms with Crippen LogP contribution in [0.4, 0.5) is 5.69 Å². The highest BCUT2D eigenvalue weighted by Gasteiger charge is 2.42. The summed E-state index contributed by atoms with van der Waals surface area (Å²) in [6, 6.07) is 9.09. The molecule has 2 N–H and O–H groups in total. The lowest BCUT2D eigenvalue weighted by Crippen LogP contribution is -2.26. The quantitative estimate of drug-likeness (QED) is 0.787. The van der Waals surface area contributed by atoms with E-state index >= 15 is 0 Å². The van der Waals surface area contributed by atoms with Crippen molar-refractivity contribution < 1.29 is 14.4 Å². The Morgan fingerprint density at radius 3 is 2.82 bits per heavy atom. The molecule has 0 atom stereocenters. The van der Waals surface area contributed by atoms with Crippen LogP contribution in [0.1, 0.15) is 43.0 Å². The summed E-state index contributed by atoms with van der Waals surface area (Å²) >= 11 is 0. The van der Waals surface area contributed by atoms with Gasteiger partial charge >= 0.3 is 5.97 Å². The van der Waals surface area contributed by atoms with E-state index < -0.39 is 5.97 Å². The van der Waals surface area contributed by atoms with Gasteiger partial charge in [-0.3, -0.25) is 4.79 Å². The Labute approximate surface area is 129 Å². The lowest BCUT2D eigenvalue weighted by Gasteiger charge is -2.14. The second kappa shape index (κ2) is 6.94. The minimum Gasteiger partial charge on any atom is -0.384 e. The Hall–Kier alpha value is -2.55. The van der Waals surface area contributed by atoms with Crippen LogP contribution in [0.5, 0.6) is 0 Å². The molecule has 0 spiro atoms. The number of benzene rings is 1. The fraction of sp³-hybridized carbons (Fsp3) is 0.438. The maximum atomic E-state index is 11.8. The molecule has 6 nitrogen and oxygen atoms in total. The SMILES string of the molecule is CCC(=O)NOC(=O)c1cccc(NCC2(CC#N)CC2)c1. The molecule has 0 aliphatic heterocycles. The highest BCUT2D eigenvalue weighted by Crippen LogP contribution is 2.48. The number of nitrogens with zero attached hydrogens (tertiary/aromatic N) is 1. The van der Waals surface area contributed by atoms with Gasteiger partial charge < -0.3 is 10.2 Å². The van der Waals surface area contributed by atoms with Gasteiger partial charge in [0.05, 0.1) is 11.6 Å². The van der Waals surface area contributed by atoms with E-state index in [1.807, 2.05) is 6.07 Å². The third kappa shape index (κ3) is 4.22. The topological polar surface area (TPSA) is 91.2 Å². The van der Waals surface area contributed by atoms with Gasteiger partial charge in [-0.25, -0.2) is 4.79 Å². The average Bonchev–Trinajstić information content (AvgIpc) is 3.31. The number of hydrogen-bond acceptors (Lipinski definition) is 5. The van der Waals surface area contributed by atoms with Crippen LogP contribution in [-0.2, 0) is 9.63 Å². The molecule has 1 amide bonds. The number of nitriles is 1. The standard InChI is InChI=1S/C16H19N3O3/c1-2-14(20)19-22-15(21)12-4-3-5-13(10-12)18-11-16(6-7-16)8-9-17/h3-5,10,18H,2,6-8,11H2,1H3,(H,19,20). The van der Waals surface area contributed by atoms with Gasteiger partial charge in [0.15, 0.2) is 0 Å². The predicted molar refractivity (Wildman–Crippen MR) is 80.7 cm³/mol. The summed E-state index contributed by atoms with van der Waals surface area (Å²) in [5.41, 5.74) is 3.32. The Morgan fingerprint density at radius 2 is 2.18 bits per heavy atom. The number of hydrogen-bond donors (Lipinski definition) is 2. The zero-order chi connectivity index (χ0) is 16.0. The molecule has 1 aromatic carbocycles. The van der Waals surface area contributed by atoms with E-state index in [9.17, 15) is 9.59 Å². The fourth-order valence-electron chi connectivity index (χ4n) is 2.04. The van der Waals surface area contributed by atoms with Crippen LogP contribution in [0.15, 0.2) is 24.3 Å². The minimum absolute atomic E-state index is 0.0837. The number of rotatable bonds is 6. The van der Waals surface area contributed by atoms with Crippen molar-refractivity contribution in [2.45, 2.75) is 32.6 Å². The zero-order valence-electron chi connectivity index (χ0n) is 12.5. The molecule has 116 valence electrons. The van der Waals surface area contributed by atoms with Gasteiger partial charge in [0.2, 0.25) is 0 Å². The summed E-state index contributed by atoms with van der Waals surface area (Å²) in [4.78, 5) is 27.6. The van der Waals surface area contributed by atoms with Crippen molar-refractivity contribution in [1.82, 2.24) is 5.48 Å². The lowest BCUT2D eigenvalue weighted by molar-refractivity contribution is -0.129. The number of hydroxylamine groups is 1. The molecular weight excluding hydrogens is 282 g/mol. The highest BCUT2D eigenvalue weighted by atomic mass is 16.7. The first-order chi connectivity index (χ1) is 10.6. The molecule has 1 aliphatic carbocycles. The molecule has 0 unspecified atom stereocenters. The molecule has 0 radical (unpaired) electrons. The summed E-state index contributed by atoms with van der Waals surface area (Å²) in [6.45, 7) is 2.38. The molecule has 0 saturated heterocycles. The Kier molecular flexibility index (Phi) is 4.99. The molecule has 1 aliphatic rings. The van der Waals surface area contributed by atoms with Crippen molar-refractivity contribution in [2.24, 2.45) is 5.41 Å². The van der Waals surface area contributed by atoms with Crippen molar-refractivity contribution >= 4 is 17.6 Å². The second-order valence-corrected chi connectivity index (χ2v) is 5.54. The summed E-state index contributed by atoms with van der Waals surface area (Å²) in [7, 11) is 0. The fourth-order valence-corrected chi connectivity index (χ4v) is 2.04. The Morgan fingerprint density at radius 1 is 1.41 bits per heavy atom.